The second-order valence-electron chi connectivity index (χ2n) is 10.7. The summed E-state index contributed by atoms with van der Waals surface area (Å²) in [6, 6.07) is 25.0. The Morgan fingerprint density at radius 2 is 1.69 bits per heavy atom. The predicted octanol–water partition coefficient (Wildman–Crippen LogP) is 6.98. The Bertz CT molecular complexity index is 1840. The lowest BCUT2D eigenvalue weighted by molar-refractivity contribution is -0.122. The summed E-state index contributed by atoms with van der Waals surface area (Å²) < 4.78 is 5.41. The number of rotatable bonds is 5. The number of para-hydroxylation sites is 1. The summed E-state index contributed by atoms with van der Waals surface area (Å²) in [5, 5.41) is 3.57. The lowest BCUT2D eigenvalue weighted by Crippen LogP contribution is -2.49. The van der Waals surface area contributed by atoms with Crippen molar-refractivity contribution in [2.75, 3.05) is 12.4 Å². The van der Waals surface area contributed by atoms with Gasteiger partial charge in [0.2, 0.25) is 5.91 Å². The van der Waals surface area contributed by atoms with Crippen LogP contribution in [0.5, 0.6) is 5.75 Å². The minimum absolute atomic E-state index is 0.155. The molecule has 42 heavy (non-hydrogen) atoms. The van der Waals surface area contributed by atoms with E-state index in [1.807, 2.05) is 65.7 Å². The Hall–Kier alpha value is -4.39. The zero-order valence-corrected chi connectivity index (χ0v) is 23.9. The maximum Gasteiger partial charge on any atom is 0.238 e. The Labute approximate surface area is 252 Å². The van der Waals surface area contributed by atoms with E-state index in [-0.39, 0.29) is 22.3 Å². The van der Waals surface area contributed by atoms with Crippen molar-refractivity contribution in [3.63, 3.8) is 0 Å². The lowest BCUT2D eigenvalue weighted by atomic mass is 9.62. The van der Waals surface area contributed by atoms with Crippen LogP contribution < -0.4 is 10.1 Å². The number of hydrogen-bond donors (Lipinski definition) is 1. The number of ketones is 2. The van der Waals surface area contributed by atoms with Gasteiger partial charge >= 0.3 is 0 Å². The molecule has 3 aliphatic rings. The largest absolute Gasteiger partial charge is 0.497 e. The SMILES string of the molecule is COc1cccc(C(=O)[C@H]2[C@H](C(=O)c3ccc(Cl)cc3Cl)[C@]3(C(=O)Nc4ccccc43)[C@H]3c4ccccc4C=CN23)c1. The molecule has 1 saturated heterocycles. The van der Waals surface area contributed by atoms with Gasteiger partial charge in [-0.25, -0.2) is 0 Å². The fourth-order valence-corrected chi connectivity index (χ4v) is 7.47. The van der Waals surface area contributed by atoms with Crippen molar-refractivity contribution in [1.29, 1.82) is 0 Å². The summed E-state index contributed by atoms with van der Waals surface area (Å²) >= 11 is 12.8. The van der Waals surface area contributed by atoms with Gasteiger partial charge in [-0.2, -0.15) is 0 Å². The molecular formula is C34H24Cl2N2O4. The van der Waals surface area contributed by atoms with Crippen LogP contribution in [-0.4, -0.2) is 35.5 Å². The highest BCUT2D eigenvalue weighted by Gasteiger charge is 2.70. The Morgan fingerprint density at radius 1 is 0.905 bits per heavy atom. The minimum atomic E-state index is -1.45. The molecule has 0 aliphatic carbocycles. The second-order valence-corrected chi connectivity index (χ2v) is 11.5. The molecule has 3 heterocycles. The molecule has 0 radical (unpaired) electrons. The minimum Gasteiger partial charge on any atom is -0.497 e. The highest BCUT2D eigenvalue weighted by Crippen LogP contribution is 2.62. The summed E-state index contributed by atoms with van der Waals surface area (Å²) in [4.78, 5) is 45.9. The van der Waals surface area contributed by atoms with Crippen LogP contribution in [0.3, 0.4) is 0 Å². The third kappa shape index (κ3) is 3.68. The van der Waals surface area contributed by atoms with Crippen LogP contribution in [0.1, 0.15) is 43.4 Å². The maximum absolute atomic E-state index is 14.9. The summed E-state index contributed by atoms with van der Waals surface area (Å²) in [6.07, 6.45) is 3.76. The number of amides is 1. The molecule has 3 aliphatic heterocycles. The smallest absolute Gasteiger partial charge is 0.238 e. The molecule has 0 aromatic heterocycles. The van der Waals surface area contributed by atoms with Crippen LogP contribution in [0, 0.1) is 5.92 Å². The molecule has 1 N–H and O–H groups in total. The van der Waals surface area contributed by atoms with Crippen molar-refractivity contribution in [1.82, 2.24) is 4.90 Å². The van der Waals surface area contributed by atoms with E-state index < -0.39 is 29.2 Å². The van der Waals surface area contributed by atoms with Gasteiger partial charge in [0.15, 0.2) is 11.6 Å². The van der Waals surface area contributed by atoms with Gasteiger partial charge in [0, 0.05) is 28.0 Å². The van der Waals surface area contributed by atoms with Crippen molar-refractivity contribution in [2.24, 2.45) is 5.92 Å². The first kappa shape index (κ1) is 26.5. The van der Waals surface area contributed by atoms with Gasteiger partial charge in [-0.15, -0.1) is 0 Å². The van der Waals surface area contributed by atoms with E-state index in [4.69, 9.17) is 27.9 Å². The molecule has 7 rings (SSSR count). The topological polar surface area (TPSA) is 75.7 Å². The Balaban J connectivity index is 1.54. The van der Waals surface area contributed by atoms with E-state index in [2.05, 4.69) is 5.32 Å². The summed E-state index contributed by atoms with van der Waals surface area (Å²) in [6.45, 7) is 0. The molecule has 8 heteroatoms. The number of carbonyl (C=O) groups is 3. The summed E-state index contributed by atoms with van der Waals surface area (Å²) in [5.41, 5.74) is 2.17. The van der Waals surface area contributed by atoms with Gasteiger partial charge in [-0.1, -0.05) is 77.8 Å². The van der Waals surface area contributed by atoms with Gasteiger partial charge in [-0.05, 0) is 59.2 Å². The first-order valence-electron chi connectivity index (χ1n) is 13.5. The number of nitrogens with zero attached hydrogens (tertiary/aromatic N) is 1. The van der Waals surface area contributed by atoms with Crippen molar-refractivity contribution in [2.45, 2.75) is 17.5 Å². The maximum atomic E-state index is 14.9. The van der Waals surface area contributed by atoms with Gasteiger partial charge < -0.3 is 15.0 Å². The summed E-state index contributed by atoms with van der Waals surface area (Å²) in [5.74, 6) is -1.68. The molecule has 1 spiro atoms. The number of nitrogens with one attached hydrogen (secondary N) is 1. The second kappa shape index (κ2) is 9.86. The van der Waals surface area contributed by atoms with Crippen molar-refractivity contribution in [3.8, 4) is 5.75 Å². The molecule has 0 saturated carbocycles. The molecule has 4 atom stereocenters. The van der Waals surface area contributed by atoms with Crippen LogP contribution in [0.4, 0.5) is 5.69 Å². The van der Waals surface area contributed by atoms with Crippen LogP contribution in [0.15, 0.2) is 97.2 Å². The lowest BCUT2D eigenvalue weighted by Gasteiger charge is -2.38. The van der Waals surface area contributed by atoms with Crippen LogP contribution in [0.25, 0.3) is 6.08 Å². The summed E-state index contributed by atoms with van der Waals surface area (Å²) in [7, 11) is 1.53. The van der Waals surface area contributed by atoms with E-state index in [0.29, 0.717) is 27.6 Å². The zero-order chi connectivity index (χ0) is 29.2. The van der Waals surface area contributed by atoms with Crippen molar-refractivity contribution in [3.05, 3.63) is 135 Å². The number of benzene rings is 4. The monoisotopic (exact) mass is 594 g/mol. The molecule has 208 valence electrons. The highest BCUT2D eigenvalue weighted by molar-refractivity contribution is 6.37. The number of Topliss-reactive ketones (excluding diaryl/α,β-unsaturated/α-hetero) is 2. The number of anilines is 1. The van der Waals surface area contributed by atoms with Crippen LogP contribution in [-0.2, 0) is 10.2 Å². The Morgan fingerprint density at radius 3 is 2.50 bits per heavy atom. The number of hydrogen-bond acceptors (Lipinski definition) is 5. The molecule has 0 bridgehead atoms. The van der Waals surface area contributed by atoms with E-state index in [1.54, 1.807) is 36.4 Å². The molecule has 4 aromatic carbocycles. The Kier molecular flexibility index (Phi) is 6.22. The first-order valence-corrected chi connectivity index (χ1v) is 14.2. The van der Waals surface area contributed by atoms with Gasteiger partial charge in [0.25, 0.3) is 0 Å². The number of carbonyl (C=O) groups excluding carboxylic acids is 3. The van der Waals surface area contributed by atoms with E-state index in [0.717, 1.165) is 11.1 Å². The van der Waals surface area contributed by atoms with Crippen LogP contribution in [0.2, 0.25) is 10.0 Å². The van der Waals surface area contributed by atoms with Gasteiger partial charge in [-0.3, -0.25) is 14.4 Å². The van der Waals surface area contributed by atoms with Crippen molar-refractivity contribution >= 4 is 52.4 Å². The van der Waals surface area contributed by atoms with E-state index >= 15 is 0 Å². The normalized spacial score (nSPS) is 23.3. The first-order chi connectivity index (χ1) is 20.4. The predicted molar refractivity (Wildman–Crippen MR) is 162 cm³/mol. The average Bonchev–Trinajstić information content (AvgIpc) is 3.48. The highest BCUT2D eigenvalue weighted by atomic mass is 35.5. The van der Waals surface area contributed by atoms with Crippen molar-refractivity contribution < 1.29 is 19.1 Å². The van der Waals surface area contributed by atoms with E-state index in [9.17, 15) is 14.4 Å². The molecule has 1 amide bonds. The molecule has 1 fully saturated rings. The third-order valence-electron chi connectivity index (χ3n) is 8.67. The third-order valence-corrected chi connectivity index (χ3v) is 9.22. The molecule has 4 aromatic rings. The zero-order valence-electron chi connectivity index (χ0n) is 22.4. The van der Waals surface area contributed by atoms with E-state index in [1.165, 1.54) is 13.2 Å². The number of methoxy groups -OCH3 is 1. The number of fused-ring (bicyclic) bond motifs is 6. The standard InChI is InChI=1S/C34H24Cl2N2O4/c1-42-22-9-6-8-20(17-22)30(39)29-28(31(40)24-14-13-21(35)18-26(24)36)34(25-11-4-5-12-27(25)37-33(34)41)32-23-10-3-2-7-19(23)15-16-38(29)32/h2-18,28-29,32H,1H3,(H,37,41)/t28-,29-,32-,34+/m1/s1. The van der Waals surface area contributed by atoms with Gasteiger partial charge in [0.1, 0.15) is 17.2 Å². The number of ether oxygens (including phenoxy) is 1. The fourth-order valence-electron chi connectivity index (χ4n) is 6.97. The van der Waals surface area contributed by atoms with Crippen LogP contribution >= 0.6 is 23.2 Å². The molecule has 6 nitrogen and oxygen atoms in total. The fraction of sp³-hybridized carbons (Fsp3) is 0.147. The molecular weight excluding hydrogens is 571 g/mol. The van der Waals surface area contributed by atoms with Gasteiger partial charge in [0.05, 0.1) is 24.1 Å². The molecule has 0 unspecified atom stereocenters. The quantitative estimate of drug-likeness (QED) is 0.252. The number of halogens is 2. The average molecular weight is 595 g/mol.